The first-order chi connectivity index (χ1) is 7.20. The lowest BCUT2D eigenvalue weighted by Crippen LogP contribution is -2.05. The van der Waals surface area contributed by atoms with Crippen molar-refractivity contribution < 1.29 is 4.39 Å². The van der Waals surface area contributed by atoms with Gasteiger partial charge in [-0.2, -0.15) is 5.10 Å². The number of nitrogens with zero attached hydrogens (tertiary/aromatic N) is 2. The van der Waals surface area contributed by atoms with E-state index in [9.17, 15) is 4.39 Å². The van der Waals surface area contributed by atoms with Gasteiger partial charge in [-0.3, -0.25) is 0 Å². The van der Waals surface area contributed by atoms with E-state index in [4.69, 9.17) is 5.73 Å². The Morgan fingerprint density at radius 2 is 2.27 bits per heavy atom. The molecule has 3 nitrogen and oxygen atoms in total. The Hall–Kier alpha value is -0.950. The molecule has 5 heteroatoms. The summed E-state index contributed by atoms with van der Waals surface area (Å²) >= 11 is 2.17. The summed E-state index contributed by atoms with van der Waals surface area (Å²) in [6.45, 7) is 0.295. The van der Waals surface area contributed by atoms with Gasteiger partial charge in [-0.05, 0) is 46.4 Å². The van der Waals surface area contributed by atoms with Crippen LogP contribution >= 0.6 is 22.6 Å². The van der Waals surface area contributed by atoms with E-state index in [0.717, 1.165) is 14.8 Å². The quantitative estimate of drug-likeness (QED) is 0.862. The zero-order valence-electron chi connectivity index (χ0n) is 7.82. The molecular formula is C10H9FIN3. The molecule has 2 rings (SSSR count). The highest BCUT2D eigenvalue weighted by molar-refractivity contribution is 14.1. The molecule has 1 aromatic carbocycles. The lowest BCUT2D eigenvalue weighted by molar-refractivity contribution is 0.624. The summed E-state index contributed by atoms with van der Waals surface area (Å²) < 4.78 is 15.7. The van der Waals surface area contributed by atoms with Crippen molar-refractivity contribution in [2.45, 2.75) is 6.54 Å². The van der Waals surface area contributed by atoms with E-state index < -0.39 is 0 Å². The van der Waals surface area contributed by atoms with Crippen LogP contribution in [0.3, 0.4) is 0 Å². The molecule has 0 aliphatic carbocycles. The molecule has 1 heterocycles. The number of aromatic nitrogens is 2. The predicted octanol–water partition coefficient (Wildman–Crippen LogP) is 2.07. The van der Waals surface area contributed by atoms with E-state index in [2.05, 4.69) is 27.7 Å². The Labute approximate surface area is 100 Å². The lowest BCUT2D eigenvalue weighted by Gasteiger charge is -2.07. The summed E-state index contributed by atoms with van der Waals surface area (Å²) in [5.41, 5.74) is 7.12. The maximum Gasteiger partial charge on any atom is 0.123 e. The van der Waals surface area contributed by atoms with Crippen molar-refractivity contribution in [1.29, 1.82) is 0 Å². The van der Waals surface area contributed by atoms with E-state index in [-0.39, 0.29) is 5.82 Å². The van der Waals surface area contributed by atoms with E-state index in [1.165, 1.54) is 12.1 Å². The zero-order chi connectivity index (χ0) is 10.8. The summed E-state index contributed by atoms with van der Waals surface area (Å²) in [6.07, 6.45) is 3.61. The van der Waals surface area contributed by atoms with Crippen LogP contribution in [0.4, 0.5) is 4.39 Å². The minimum absolute atomic E-state index is 0.277. The van der Waals surface area contributed by atoms with Crippen LogP contribution in [0, 0.1) is 9.39 Å². The molecule has 0 aliphatic rings. The van der Waals surface area contributed by atoms with Crippen molar-refractivity contribution in [1.82, 2.24) is 9.78 Å². The Morgan fingerprint density at radius 1 is 1.47 bits per heavy atom. The molecule has 2 aromatic rings. The Bertz CT molecular complexity index is 481. The number of hydrogen-bond acceptors (Lipinski definition) is 2. The summed E-state index contributed by atoms with van der Waals surface area (Å²) in [5, 5.41) is 4.16. The molecule has 2 N–H and O–H groups in total. The van der Waals surface area contributed by atoms with Crippen molar-refractivity contribution >= 4 is 22.6 Å². The van der Waals surface area contributed by atoms with Crippen molar-refractivity contribution in [3.63, 3.8) is 0 Å². The second-order valence-corrected chi connectivity index (χ2v) is 4.33. The first-order valence-electron chi connectivity index (χ1n) is 4.40. The van der Waals surface area contributed by atoms with Crippen LogP contribution in [-0.2, 0) is 6.54 Å². The lowest BCUT2D eigenvalue weighted by atomic mass is 10.2. The van der Waals surface area contributed by atoms with Gasteiger partial charge in [0.15, 0.2) is 0 Å². The molecule has 0 radical (unpaired) electrons. The highest BCUT2D eigenvalue weighted by atomic mass is 127. The molecular weight excluding hydrogens is 308 g/mol. The molecule has 0 saturated carbocycles. The molecule has 0 aliphatic heterocycles. The Morgan fingerprint density at radius 3 is 2.87 bits per heavy atom. The normalized spacial score (nSPS) is 10.6. The largest absolute Gasteiger partial charge is 0.326 e. The van der Waals surface area contributed by atoms with E-state index in [1.54, 1.807) is 16.9 Å². The van der Waals surface area contributed by atoms with Crippen molar-refractivity contribution in [3.8, 4) is 5.69 Å². The summed E-state index contributed by atoms with van der Waals surface area (Å²) in [7, 11) is 0. The fourth-order valence-corrected chi connectivity index (χ4v) is 1.76. The minimum atomic E-state index is -0.277. The van der Waals surface area contributed by atoms with Gasteiger partial charge in [0.25, 0.3) is 0 Å². The number of halogens is 2. The monoisotopic (exact) mass is 317 g/mol. The maximum absolute atomic E-state index is 13.0. The van der Waals surface area contributed by atoms with Gasteiger partial charge < -0.3 is 5.73 Å². The van der Waals surface area contributed by atoms with Crippen molar-refractivity contribution in [3.05, 3.63) is 45.5 Å². The maximum atomic E-state index is 13.0. The van der Waals surface area contributed by atoms with Crippen LogP contribution in [0.5, 0.6) is 0 Å². The summed E-state index contributed by atoms with van der Waals surface area (Å²) in [6, 6.07) is 4.52. The topological polar surface area (TPSA) is 43.8 Å². The predicted molar refractivity (Wildman–Crippen MR) is 64.1 cm³/mol. The molecule has 0 saturated heterocycles. The first kappa shape index (κ1) is 10.6. The van der Waals surface area contributed by atoms with Gasteiger partial charge in [0.05, 0.1) is 15.5 Å². The SMILES string of the molecule is NCc1cc(F)ccc1-n1cc(I)cn1. The van der Waals surface area contributed by atoms with Crippen LogP contribution in [0.25, 0.3) is 5.69 Å². The number of hydrogen-bond donors (Lipinski definition) is 1. The zero-order valence-corrected chi connectivity index (χ0v) is 9.98. The Kier molecular flexibility index (Phi) is 3.01. The highest BCUT2D eigenvalue weighted by Gasteiger charge is 2.05. The van der Waals surface area contributed by atoms with Crippen LogP contribution < -0.4 is 5.73 Å². The second-order valence-electron chi connectivity index (χ2n) is 3.08. The second kappa shape index (κ2) is 4.28. The number of rotatable bonds is 2. The molecule has 1 aromatic heterocycles. The molecule has 0 bridgehead atoms. The van der Waals surface area contributed by atoms with Gasteiger partial charge in [0.2, 0.25) is 0 Å². The van der Waals surface area contributed by atoms with Gasteiger partial charge in [-0.1, -0.05) is 0 Å². The number of benzene rings is 1. The first-order valence-corrected chi connectivity index (χ1v) is 5.47. The average Bonchev–Trinajstić information content (AvgIpc) is 2.64. The van der Waals surface area contributed by atoms with E-state index in [0.29, 0.717) is 6.54 Å². The van der Waals surface area contributed by atoms with Gasteiger partial charge in [-0.25, -0.2) is 9.07 Å². The van der Waals surface area contributed by atoms with Gasteiger partial charge in [0.1, 0.15) is 5.82 Å². The smallest absolute Gasteiger partial charge is 0.123 e. The number of nitrogens with two attached hydrogens (primary N) is 1. The molecule has 0 atom stereocenters. The summed E-state index contributed by atoms with van der Waals surface area (Å²) in [4.78, 5) is 0. The average molecular weight is 317 g/mol. The molecule has 78 valence electrons. The fraction of sp³-hybridized carbons (Fsp3) is 0.100. The third kappa shape index (κ3) is 2.18. The minimum Gasteiger partial charge on any atom is -0.326 e. The van der Waals surface area contributed by atoms with Crippen LogP contribution in [0.15, 0.2) is 30.6 Å². The molecule has 15 heavy (non-hydrogen) atoms. The van der Waals surface area contributed by atoms with E-state index >= 15 is 0 Å². The Balaban J connectivity index is 2.52. The fourth-order valence-electron chi connectivity index (χ4n) is 1.37. The third-order valence-electron chi connectivity index (χ3n) is 2.06. The van der Waals surface area contributed by atoms with Crippen LogP contribution in [0.1, 0.15) is 5.56 Å². The standard InChI is InChI=1S/C10H9FIN3/c11-8-1-2-10(7(3-8)4-13)15-6-9(12)5-14-15/h1-3,5-6H,4,13H2. The van der Waals surface area contributed by atoms with E-state index in [1.807, 2.05) is 6.20 Å². The molecule has 0 amide bonds. The molecule has 0 unspecified atom stereocenters. The van der Waals surface area contributed by atoms with Gasteiger partial charge >= 0.3 is 0 Å². The summed E-state index contributed by atoms with van der Waals surface area (Å²) in [5.74, 6) is -0.277. The van der Waals surface area contributed by atoms with Gasteiger partial charge in [-0.15, -0.1) is 0 Å². The van der Waals surface area contributed by atoms with Crippen molar-refractivity contribution in [2.75, 3.05) is 0 Å². The van der Waals surface area contributed by atoms with Crippen molar-refractivity contribution in [2.24, 2.45) is 5.73 Å². The molecule has 0 fully saturated rings. The highest BCUT2D eigenvalue weighted by Crippen LogP contribution is 2.16. The van der Waals surface area contributed by atoms with Gasteiger partial charge in [0, 0.05) is 12.7 Å². The van der Waals surface area contributed by atoms with Crippen LogP contribution in [-0.4, -0.2) is 9.78 Å². The molecule has 0 spiro atoms. The third-order valence-corrected chi connectivity index (χ3v) is 2.62. The van der Waals surface area contributed by atoms with Crippen LogP contribution in [0.2, 0.25) is 0 Å².